The molecule has 190 valence electrons. The van der Waals surface area contributed by atoms with E-state index in [1.807, 2.05) is 25.1 Å². The number of aryl methyl sites for hydroxylation is 1. The van der Waals surface area contributed by atoms with E-state index in [4.69, 9.17) is 9.47 Å². The SMILES string of the molecule is CCCCCCCCC=CC(=O)Oc1cnc(-c2ccc(CCCCC(C)OC(C)=O)cc2)nc1. The molecular formula is C29H40N2O4. The standard InChI is InChI=1S/C29H40N2O4/c1-4-5-6-7-8-9-10-11-16-28(33)35-27-21-30-29(31-22-27)26-19-17-25(18-20-26)15-13-12-14-23(2)34-24(3)32/h11,16-23H,4-10,12-15H2,1-3H3. The number of rotatable bonds is 16. The fraction of sp³-hybridized carbons (Fsp3) is 0.517. The Kier molecular flexibility index (Phi) is 13.4. The van der Waals surface area contributed by atoms with Gasteiger partial charge in [0.15, 0.2) is 11.6 Å². The van der Waals surface area contributed by atoms with Gasteiger partial charge in [0.25, 0.3) is 0 Å². The number of carbonyl (C=O) groups excluding carboxylic acids is 2. The molecule has 1 aromatic heterocycles. The number of allylic oxidation sites excluding steroid dienone is 1. The van der Waals surface area contributed by atoms with Gasteiger partial charge < -0.3 is 9.47 Å². The molecule has 1 heterocycles. The molecule has 1 aromatic carbocycles. The van der Waals surface area contributed by atoms with Crippen LogP contribution in [0, 0.1) is 0 Å². The van der Waals surface area contributed by atoms with Gasteiger partial charge in [-0.25, -0.2) is 14.8 Å². The first-order valence-electron chi connectivity index (χ1n) is 12.9. The molecule has 0 bridgehead atoms. The van der Waals surface area contributed by atoms with E-state index >= 15 is 0 Å². The summed E-state index contributed by atoms with van der Waals surface area (Å²) < 4.78 is 10.5. The minimum atomic E-state index is -0.404. The molecule has 0 N–H and O–H groups in total. The van der Waals surface area contributed by atoms with Gasteiger partial charge in [0.1, 0.15) is 0 Å². The third kappa shape index (κ3) is 12.3. The van der Waals surface area contributed by atoms with Crippen LogP contribution in [-0.4, -0.2) is 28.0 Å². The Morgan fingerprint density at radius 2 is 1.63 bits per heavy atom. The first-order valence-corrected chi connectivity index (χ1v) is 12.9. The number of benzene rings is 1. The van der Waals surface area contributed by atoms with Crippen molar-refractivity contribution >= 4 is 11.9 Å². The van der Waals surface area contributed by atoms with Crippen LogP contribution in [0.2, 0.25) is 0 Å². The lowest BCUT2D eigenvalue weighted by molar-refractivity contribution is -0.145. The first-order chi connectivity index (χ1) is 17.0. The Morgan fingerprint density at radius 3 is 2.31 bits per heavy atom. The van der Waals surface area contributed by atoms with Crippen molar-refractivity contribution in [1.29, 1.82) is 0 Å². The Labute approximate surface area is 210 Å². The molecular weight excluding hydrogens is 440 g/mol. The van der Waals surface area contributed by atoms with Crippen LogP contribution in [0.4, 0.5) is 0 Å². The van der Waals surface area contributed by atoms with Crippen LogP contribution in [0.3, 0.4) is 0 Å². The summed E-state index contributed by atoms with van der Waals surface area (Å²) in [4.78, 5) is 31.6. The van der Waals surface area contributed by atoms with Gasteiger partial charge in [-0.15, -0.1) is 0 Å². The largest absolute Gasteiger partial charge is 0.463 e. The van der Waals surface area contributed by atoms with Crippen LogP contribution in [0.25, 0.3) is 11.4 Å². The van der Waals surface area contributed by atoms with Crippen molar-refractivity contribution in [2.75, 3.05) is 0 Å². The molecule has 0 saturated heterocycles. The number of hydrogen-bond acceptors (Lipinski definition) is 6. The fourth-order valence-corrected chi connectivity index (χ4v) is 3.81. The van der Waals surface area contributed by atoms with Crippen molar-refractivity contribution in [3.05, 3.63) is 54.4 Å². The van der Waals surface area contributed by atoms with E-state index < -0.39 is 5.97 Å². The lowest BCUT2D eigenvalue weighted by Crippen LogP contribution is -2.11. The second-order valence-electron chi connectivity index (χ2n) is 8.99. The molecule has 6 nitrogen and oxygen atoms in total. The minimum absolute atomic E-state index is 0.0320. The van der Waals surface area contributed by atoms with Crippen molar-refractivity contribution in [2.24, 2.45) is 0 Å². The van der Waals surface area contributed by atoms with Gasteiger partial charge in [-0.05, 0) is 51.0 Å². The molecule has 2 rings (SSSR count). The summed E-state index contributed by atoms with van der Waals surface area (Å²) in [6, 6.07) is 8.17. The number of aromatic nitrogens is 2. The molecule has 2 aromatic rings. The highest BCUT2D eigenvalue weighted by Gasteiger charge is 2.07. The summed E-state index contributed by atoms with van der Waals surface area (Å²) in [7, 11) is 0. The molecule has 0 aliphatic rings. The van der Waals surface area contributed by atoms with E-state index in [-0.39, 0.29) is 12.1 Å². The van der Waals surface area contributed by atoms with E-state index in [9.17, 15) is 9.59 Å². The minimum Gasteiger partial charge on any atom is -0.463 e. The third-order valence-electron chi connectivity index (χ3n) is 5.73. The summed E-state index contributed by atoms with van der Waals surface area (Å²) in [5, 5.41) is 0. The van der Waals surface area contributed by atoms with Gasteiger partial charge in [-0.1, -0.05) is 69.4 Å². The van der Waals surface area contributed by atoms with E-state index in [0.717, 1.165) is 44.1 Å². The zero-order valence-electron chi connectivity index (χ0n) is 21.5. The van der Waals surface area contributed by atoms with Crippen LogP contribution in [0.1, 0.15) is 90.5 Å². The normalized spacial score (nSPS) is 12.0. The Balaban J connectivity index is 1.71. The second-order valence-corrected chi connectivity index (χ2v) is 8.99. The first kappa shape index (κ1) is 28.2. The number of unbranched alkanes of at least 4 members (excludes halogenated alkanes) is 7. The van der Waals surface area contributed by atoms with Crippen LogP contribution < -0.4 is 4.74 Å². The zero-order valence-corrected chi connectivity index (χ0v) is 21.5. The smallest absolute Gasteiger partial charge is 0.335 e. The predicted octanol–water partition coefficient (Wildman–Crippen LogP) is 7.02. The van der Waals surface area contributed by atoms with Crippen molar-refractivity contribution in [2.45, 2.75) is 97.5 Å². The average molecular weight is 481 g/mol. The molecule has 1 atom stereocenters. The fourth-order valence-electron chi connectivity index (χ4n) is 3.81. The van der Waals surface area contributed by atoms with Gasteiger partial charge in [0.05, 0.1) is 18.5 Å². The van der Waals surface area contributed by atoms with Gasteiger partial charge in [-0.2, -0.15) is 0 Å². The molecule has 0 amide bonds. The summed E-state index contributed by atoms with van der Waals surface area (Å²) >= 11 is 0. The quantitative estimate of drug-likeness (QED) is 0.146. The average Bonchev–Trinajstić information content (AvgIpc) is 2.84. The molecule has 0 fully saturated rings. The van der Waals surface area contributed by atoms with Crippen molar-refractivity contribution in [1.82, 2.24) is 9.97 Å². The number of esters is 2. The van der Waals surface area contributed by atoms with Crippen LogP contribution in [0.5, 0.6) is 5.75 Å². The summed E-state index contributed by atoms with van der Waals surface area (Å²) in [6.07, 6.45) is 18.6. The molecule has 0 aliphatic carbocycles. The summed E-state index contributed by atoms with van der Waals surface area (Å²) in [5.41, 5.74) is 2.15. The highest BCUT2D eigenvalue weighted by atomic mass is 16.5. The number of carbonyl (C=O) groups is 2. The van der Waals surface area contributed by atoms with E-state index in [0.29, 0.717) is 11.6 Å². The molecule has 35 heavy (non-hydrogen) atoms. The van der Waals surface area contributed by atoms with Gasteiger partial charge in [0, 0.05) is 18.6 Å². The monoisotopic (exact) mass is 480 g/mol. The molecule has 0 saturated carbocycles. The van der Waals surface area contributed by atoms with E-state index in [2.05, 4.69) is 29.0 Å². The van der Waals surface area contributed by atoms with Crippen molar-refractivity contribution < 1.29 is 19.1 Å². The maximum Gasteiger partial charge on any atom is 0.335 e. The number of nitrogens with zero attached hydrogens (tertiary/aromatic N) is 2. The number of ether oxygens (including phenoxy) is 2. The topological polar surface area (TPSA) is 78.4 Å². The Hall–Kier alpha value is -3.02. The highest BCUT2D eigenvalue weighted by molar-refractivity contribution is 5.83. The van der Waals surface area contributed by atoms with Gasteiger partial charge in [-0.3, -0.25) is 4.79 Å². The van der Waals surface area contributed by atoms with Crippen molar-refractivity contribution in [3.8, 4) is 17.1 Å². The zero-order chi connectivity index (χ0) is 25.3. The number of hydrogen-bond donors (Lipinski definition) is 0. The van der Waals surface area contributed by atoms with Crippen LogP contribution in [-0.2, 0) is 20.7 Å². The van der Waals surface area contributed by atoms with Crippen LogP contribution >= 0.6 is 0 Å². The van der Waals surface area contributed by atoms with E-state index in [1.54, 1.807) is 0 Å². The molecule has 0 radical (unpaired) electrons. The highest BCUT2D eigenvalue weighted by Crippen LogP contribution is 2.19. The molecule has 0 spiro atoms. The van der Waals surface area contributed by atoms with Crippen molar-refractivity contribution in [3.63, 3.8) is 0 Å². The Morgan fingerprint density at radius 1 is 0.943 bits per heavy atom. The second kappa shape index (κ2) is 16.6. The molecule has 6 heteroatoms. The molecule has 0 aliphatic heterocycles. The summed E-state index contributed by atoms with van der Waals surface area (Å²) in [6.45, 7) is 5.58. The predicted molar refractivity (Wildman–Crippen MR) is 139 cm³/mol. The van der Waals surface area contributed by atoms with Crippen LogP contribution in [0.15, 0.2) is 48.8 Å². The summed E-state index contributed by atoms with van der Waals surface area (Å²) in [5.74, 6) is 0.295. The maximum atomic E-state index is 12.0. The maximum absolute atomic E-state index is 12.0. The van der Waals surface area contributed by atoms with E-state index in [1.165, 1.54) is 63.1 Å². The third-order valence-corrected chi connectivity index (χ3v) is 5.73. The van der Waals surface area contributed by atoms with Gasteiger partial charge in [0.2, 0.25) is 0 Å². The lowest BCUT2D eigenvalue weighted by Gasteiger charge is -2.11. The molecule has 1 unspecified atom stereocenters. The Bertz CT molecular complexity index is 907. The van der Waals surface area contributed by atoms with Gasteiger partial charge >= 0.3 is 11.9 Å². The lowest BCUT2D eigenvalue weighted by atomic mass is 10.0.